The molecule has 0 radical (unpaired) electrons. The number of rotatable bonds is 51. The highest BCUT2D eigenvalue weighted by atomic mass is 16.3. The highest BCUT2D eigenvalue weighted by Crippen LogP contribution is 2.16. The minimum Gasteiger partial charge on any atom is -0.394 e. The molecule has 0 bridgehead atoms. The lowest BCUT2D eigenvalue weighted by Gasteiger charge is -2.21. The first-order valence-corrected chi connectivity index (χ1v) is 28.0. The van der Waals surface area contributed by atoms with E-state index in [9.17, 15) is 20.1 Å². The van der Waals surface area contributed by atoms with E-state index in [0.717, 1.165) is 44.9 Å². The van der Waals surface area contributed by atoms with Gasteiger partial charge in [0.2, 0.25) is 5.91 Å². The van der Waals surface area contributed by atoms with Gasteiger partial charge in [0.1, 0.15) is 6.10 Å². The summed E-state index contributed by atoms with van der Waals surface area (Å²) >= 11 is 0. The number of aliphatic hydroxyl groups is 3. The van der Waals surface area contributed by atoms with Crippen molar-refractivity contribution in [3.63, 3.8) is 0 Å². The van der Waals surface area contributed by atoms with E-state index in [1.165, 1.54) is 225 Å². The van der Waals surface area contributed by atoms with Crippen LogP contribution in [0.5, 0.6) is 0 Å². The Kier molecular flexibility index (Phi) is 51.5. The minimum absolute atomic E-state index is 0.381. The molecule has 1 amide bonds. The van der Waals surface area contributed by atoms with Crippen LogP contribution in [0.4, 0.5) is 0 Å². The number of nitrogens with one attached hydrogen (secondary N) is 1. The molecule has 0 aromatic heterocycles. The first-order valence-electron chi connectivity index (χ1n) is 28.0. The molecule has 0 aliphatic rings. The Balaban J connectivity index is 3.62. The molecule has 0 saturated heterocycles. The zero-order valence-electron chi connectivity index (χ0n) is 42.2. The van der Waals surface area contributed by atoms with Gasteiger partial charge in [0.05, 0.1) is 18.8 Å². The second kappa shape index (κ2) is 52.9. The molecule has 0 rings (SSSR count). The minimum atomic E-state index is -1.11. The number of amides is 1. The summed E-state index contributed by atoms with van der Waals surface area (Å²) < 4.78 is 0. The van der Waals surface area contributed by atoms with E-state index in [-0.39, 0.29) is 6.61 Å². The Morgan fingerprint density at radius 3 is 0.968 bits per heavy atom. The van der Waals surface area contributed by atoms with Crippen LogP contribution in [0.3, 0.4) is 0 Å². The number of carbonyl (C=O) groups is 1. The summed E-state index contributed by atoms with van der Waals surface area (Å²) in [5.74, 6) is -0.515. The summed E-state index contributed by atoms with van der Waals surface area (Å²) in [6.07, 6.45) is 70.5. The van der Waals surface area contributed by atoms with Crippen LogP contribution >= 0.6 is 0 Å². The third-order valence-corrected chi connectivity index (χ3v) is 12.9. The average Bonchev–Trinajstić information content (AvgIpc) is 3.29. The van der Waals surface area contributed by atoms with Crippen LogP contribution in [-0.2, 0) is 4.79 Å². The van der Waals surface area contributed by atoms with Gasteiger partial charge in [0.15, 0.2) is 0 Å². The number of hydrogen-bond acceptors (Lipinski definition) is 4. The summed E-state index contributed by atoms with van der Waals surface area (Å²) in [6.45, 7) is 4.19. The average molecular weight is 885 g/mol. The molecule has 0 aromatic carbocycles. The van der Waals surface area contributed by atoms with Crippen molar-refractivity contribution in [3.8, 4) is 0 Å². The number of carbonyl (C=O) groups excluding carboxylic acids is 1. The Hall–Kier alpha value is -1.69. The molecule has 0 aliphatic carbocycles. The second-order valence-corrected chi connectivity index (χ2v) is 19.1. The van der Waals surface area contributed by atoms with Crippen molar-refractivity contribution in [2.75, 3.05) is 6.61 Å². The lowest BCUT2D eigenvalue weighted by molar-refractivity contribution is -0.131. The van der Waals surface area contributed by atoms with E-state index < -0.39 is 24.2 Å². The summed E-state index contributed by atoms with van der Waals surface area (Å²) in [5, 5.41) is 33.3. The maximum Gasteiger partial charge on any atom is 0.249 e. The van der Waals surface area contributed by atoms with Crippen molar-refractivity contribution in [2.45, 2.75) is 308 Å². The Labute approximate surface area is 393 Å². The highest BCUT2D eigenvalue weighted by molar-refractivity contribution is 5.80. The number of allylic oxidation sites excluding steroid dienone is 7. The number of unbranched alkanes of at least 4 members (excludes halogenated alkanes) is 37. The third kappa shape index (κ3) is 48.1. The fraction of sp³-hybridized carbons (Fsp3) is 0.845. The van der Waals surface area contributed by atoms with Crippen LogP contribution < -0.4 is 5.32 Å². The van der Waals surface area contributed by atoms with E-state index in [0.29, 0.717) is 6.42 Å². The molecule has 3 atom stereocenters. The molecule has 0 aliphatic heterocycles. The standard InChI is InChI=1S/C58H109NO4/c1-3-5-7-9-11-13-15-17-19-21-23-25-26-27-28-29-30-31-33-35-37-39-41-43-45-47-49-51-53-57(62)58(63)59-55(54-60)56(61)52-50-48-46-44-42-40-38-36-34-32-24-22-20-18-16-14-12-10-8-6-4-2/h27-28,34,36,42,44,50,52,55-57,60-62H,3-26,29-33,35,37-41,43,45-49,51,53-54H2,1-2H3,(H,59,63)/b28-27-,36-34+,44-42+,52-50+. The quantitative estimate of drug-likeness (QED) is 0.0362. The maximum atomic E-state index is 12.5. The van der Waals surface area contributed by atoms with Crippen molar-refractivity contribution in [1.82, 2.24) is 5.32 Å². The molecule has 0 heterocycles. The van der Waals surface area contributed by atoms with Crippen LogP contribution in [0.25, 0.3) is 0 Å². The van der Waals surface area contributed by atoms with Gasteiger partial charge in [-0.15, -0.1) is 0 Å². The SMILES string of the molecule is CCCCCCCCCCCCC/C=C/CC/C=C/CC/C=C/C(O)C(CO)NC(=O)C(O)CCCCCCCCCCCCCC/C=C\CCCCCCCCCCCCCC. The third-order valence-electron chi connectivity index (χ3n) is 12.9. The monoisotopic (exact) mass is 884 g/mol. The summed E-state index contributed by atoms with van der Waals surface area (Å²) in [6, 6.07) is -0.823. The molecule has 370 valence electrons. The van der Waals surface area contributed by atoms with Gasteiger partial charge in [-0.1, -0.05) is 268 Å². The molecule has 0 fully saturated rings. The summed E-state index contributed by atoms with van der Waals surface area (Å²) in [5.41, 5.74) is 0. The van der Waals surface area contributed by atoms with Crippen molar-refractivity contribution in [3.05, 3.63) is 48.6 Å². The van der Waals surface area contributed by atoms with Crippen molar-refractivity contribution < 1.29 is 20.1 Å². The molecule has 5 heteroatoms. The molecule has 3 unspecified atom stereocenters. The fourth-order valence-electron chi connectivity index (χ4n) is 8.51. The fourth-order valence-corrected chi connectivity index (χ4v) is 8.51. The van der Waals surface area contributed by atoms with Gasteiger partial charge in [-0.2, -0.15) is 0 Å². The lowest BCUT2D eigenvalue weighted by atomic mass is 10.0. The van der Waals surface area contributed by atoms with E-state index >= 15 is 0 Å². The molecule has 0 spiro atoms. The van der Waals surface area contributed by atoms with Gasteiger partial charge in [0, 0.05) is 0 Å². The molecule has 0 saturated carbocycles. The molecular weight excluding hydrogens is 775 g/mol. The number of aliphatic hydroxyl groups excluding tert-OH is 3. The van der Waals surface area contributed by atoms with Gasteiger partial charge in [-0.25, -0.2) is 0 Å². The molecule has 4 N–H and O–H groups in total. The summed E-state index contributed by atoms with van der Waals surface area (Å²) in [4.78, 5) is 12.5. The van der Waals surface area contributed by atoms with Crippen LogP contribution in [-0.4, -0.2) is 46.1 Å². The van der Waals surface area contributed by atoms with Crippen LogP contribution in [0.2, 0.25) is 0 Å². The Morgan fingerprint density at radius 2 is 0.651 bits per heavy atom. The largest absolute Gasteiger partial charge is 0.394 e. The van der Waals surface area contributed by atoms with Gasteiger partial charge in [-0.3, -0.25) is 4.79 Å². The van der Waals surface area contributed by atoms with Gasteiger partial charge >= 0.3 is 0 Å². The molecule has 63 heavy (non-hydrogen) atoms. The molecule has 0 aromatic rings. The van der Waals surface area contributed by atoms with E-state index in [1.54, 1.807) is 6.08 Å². The van der Waals surface area contributed by atoms with Crippen LogP contribution in [0.1, 0.15) is 290 Å². The van der Waals surface area contributed by atoms with Crippen molar-refractivity contribution in [1.29, 1.82) is 0 Å². The van der Waals surface area contributed by atoms with E-state index in [1.807, 2.05) is 6.08 Å². The maximum absolute atomic E-state index is 12.5. The topological polar surface area (TPSA) is 89.8 Å². The zero-order chi connectivity index (χ0) is 45.8. The lowest BCUT2D eigenvalue weighted by Crippen LogP contribution is -2.48. The van der Waals surface area contributed by atoms with Crippen LogP contribution in [0.15, 0.2) is 48.6 Å². The first-order chi connectivity index (χ1) is 31.1. The summed E-state index contributed by atoms with van der Waals surface area (Å²) in [7, 11) is 0. The van der Waals surface area contributed by atoms with Gasteiger partial charge in [0.25, 0.3) is 0 Å². The van der Waals surface area contributed by atoms with Crippen molar-refractivity contribution in [2.24, 2.45) is 0 Å². The van der Waals surface area contributed by atoms with Crippen molar-refractivity contribution >= 4 is 5.91 Å². The second-order valence-electron chi connectivity index (χ2n) is 19.1. The smallest absolute Gasteiger partial charge is 0.249 e. The highest BCUT2D eigenvalue weighted by Gasteiger charge is 2.22. The van der Waals surface area contributed by atoms with Gasteiger partial charge in [-0.05, 0) is 70.6 Å². The zero-order valence-corrected chi connectivity index (χ0v) is 42.2. The number of hydrogen-bond donors (Lipinski definition) is 4. The Bertz CT molecular complexity index is 1020. The van der Waals surface area contributed by atoms with Crippen LogP contribution in [0, 0.1) is 0 Å². The van der Waals surface area contributed by atoms with E-state index in [2.05, 4.69) is 55.6 Å². The Morgan fingerprint density at radius 1 is 0.381 bits per heavy atom. The predicted octanol–water partition coefficient (Wildman–Crippen LogP) is 17.2. The van der Waals surface area contributed by atoms with E-state index in [4.69, 9.17) is 0 Å². The van der Waals surface area contributed by atoms with Gasteiger partial charge < -0.3 is 20.6 Å². The first kappa shape index (κ1) is 61.3. The molecule has 5 nitrogen and oxygen atoms in total. The predicted molar refractivity (Wildman–Crippen MR) is 277 cm³/mol. The normalized spacial score (nSPS) is 13.7. The molecular formula is C58H109NO4.